The van der Waals surface area contributed by atoms with Crippen LogP contribution >= 0.6 is 11.6 Å². The highest BCUT2D eigenvalue weighted by Crippen LogP contribution is 2.29. The van der Waals surface area contributed by atoms with E-state index in [1.807, 2.05) is 0 Å². The van der Waals surface area contributed by atoms with Gasteiger partial charge in [0.15, 0.2) is 5.96 Å². The summed E-state index contributed by atoms with van der Waals surface area (Å²) in [7, 11) is 0. The number of benzene rings is 2. The zero-order valence-corrected chi connectivity index (χ0v) is 15.0. The van der Waals surface area contributed by atoms with Crippen molar-refractivity contribution in [1.29, 1.82) is 5.41 Å². The summed E-state index contributed by atoms with van der Waals surface area (Å²) in [6.07, 6.45) is 0.585. The first kappa shape index (κ1) is 18.8. The van der Waals surface area contributed by atoms with Crippen LogP contribution in [0.4, 0.5) is 14.5 Å². The second-order valence-corrected chi connectivity index (χ2v) is 6.52. The average molecular weight is 391 g/mol. The molecule has 1 heterocycles. The molecule has 0 saturated heterocycles. The Kier molecular flexibility index (Phi) is 5.41. The summed E-state index contributed by atoms with van der Waals surface area (Å²) in [4.78, 5) is 13.9. The molecule has 3 rings (SSSR count). The largest absolute Gasteiger partial charge is 0.370 e. The van der Waals surface area contributed by atoms with Gasteiger partial charge in [0.2, 0.25) is 0 Å². The van der Waals surface area contributed by atoms with Crippen LogP contribution in [0, 0.1) is 17.0 Å². The van der Waals surface area contributed by atoms with Crippen molar-refractivity contribution in [3.8, 4) is 0 Å². The van der Waals surface area contributed by atoms with E-state index in [4.69, 9.17) is 22.7 Å². The molecule has 1 aliphatic heterocycles. The second kappa shape index (κ2) is 7.75. The van der Waals surface area contributed by atoms with Crippen LogP contribution in [-0.4, -0.2) is 29.9 Å². The van der Waals surface area contributed by atoms with Crippen molar-refractivity contribution >= 4 is 34.7 Å². The molecule has 0 fully saturated rings. The van der Waals surface area contributed by atoms with Crippen molar-refractivity contribution < 1.29 is 13.6 Å². The van der Waals surface area contributed by atoms with Crippen LogP contribution in [0.1, 0.15) is 22.3 Å². The van der Waals surface area contributed by atoms with Crippen LogP contribution in [-0.2, 0) is 0 Å². The highest BCUT2D eigenvalue weighted by Gasteiger charge is 2.20. The third-order valence-electron chi connectivity index (χ3n) is 4.30. The van der Waals surface area contributed by atoms with Crippen LogP contribution in [0.3, 0.4) is 0 Å². The molecular weight excluding hydrogens is 374 g/mol. The highest BCUT2D eigenvalue weighted by molar-refractivity contribution is 6.33. The fraction of sp³-hybridized carbons (Fsp3) is 0.158. The number of carbonyl (C=O) groups is 1. The summed E-state index contributed by atoms with van der Waals surface area (Å²) in [6, 6.07) is 9.98. The van der Waals surface area contributed by atoms with Gasteiger partial charge in [-0.3, -0.25) is 10.2 Å². The quantitative estimate of drug-likeness (QED) is 0.551. The Hall–Kier alpha value is -2.93. The summed E-state index contributed by atoms with van der Waals surface area (Å²) in [5.41, 5.74) is 6.97. The van der Waals surface area contributed by atoms with Gasteiger partial charge >= 0.3 is 0 Å². The van der Waals surface area contributed by atoms with Gasteiger partial charge in [-0.05, 0) is 35.4 Å². The smallest absolute Gasteiger partial charge is 0.261 e. The molecule has 8 heteroatoms. The molecule has 2 aromatic rings. The zero-order chi connectivity index (χ0) is 19.6. The lowest BCUT2D eigenvalue weighted by Gasteiger charge is -2.29. The number of hydrogen-bond acceptors (Lipinski definition) is 2. The van der Waals surface area contributed by atoms with Crippen LogP contribution in [0.25, 0.3) is 5.57 Å². The number of carbonyl (C=O) groups excluding carboxylic acids is 1. The first-order valence-electron chi connectivity index (χ1n) is 8.19. The normalized spacial score (nSPS) is 14.3. The Bertz CT molecular complexity index is 908. The zero-order valence-electron chi connectivity index (χ0n) is 14.2. The lowest BCUT2D eigenvalue weighted by molar-refractivity contribution is 0.101. The van der Waals surface area contributed by atoms with Crippen molar-refractivity contribution in [1.82, 2.24) is 4.90 Å². The first-order chi connectivity index (χ1) is 12.9. The molecule has 0 unspecified atom stereocenters. The summed E-state index contributed by atoms with van der Waals surface area (Å²) in [5, 5.41) is 10.7. The van der Waals surface area contributed by atoms with E-state index in [9.17, 15) is 13.6 Å². The summed E-state index contributed by atoms with van der Waals surface area (Å²) >= 11 is 6.31. The van der Waals surface area contributed by atoms with E-state index < -0.39 is 23.1 Å². The number of guanidine groups is 1. The number of amides is 1. The predicted octanol–water partition coefficient (Wildman–Crippen LogP) is 3.77. The molecule has 27 heavy (non-hydrogen) atoms. The van der Waals surface area contributed by atoms with Gasteiger partial charge in [0.1, 0.15) is 17.2 Å². The standard InChI is InChI=1S/C19H17ClF2N4O/c20-14-8-9-26(19(23)24)10-13(14)11-4-6-12(7-5-11)25-18(27)17-15(21)2-1-3-16(17)22/h1-7H,8-10H2,(H3,23,24)(H,25,27). The Labute approximate surface area is 159 Å². The molecule has 2 aromatic carbocycles. The number of nitrogens with zero attached hydrogens (tertiary/aromatic N) is 1. The van der Waals surface area contributed by atoms with Crippen molar-refractivity contribution in [2.24, 2.45) is 5.73 Å². The van der Waals surface area contributed by atoms with Gasteiger partial charge in [-0.25, -0.2) is 8.78 Å². The van der Waals surface area contributed by atoms with Gasteiger partial charge in [-0.1, -0.05) is 29.8 Å². The first-order valence-corrected chi connectivity index (χ1v) is 8.57. The van der Waals surface area contributed by atoms with Crippen molar-refractivity contribution in [3.63, 3.8) is 0 Å². The maximum atomic E-state index is 13.7. The fourth-order valence-corrected chi connectivity index (χ4v) is 3.11. The van der Waals surface area contributed by atoms with E-state index in [1.54, 1.807) is 29.2 Å². The van der Waals surface area contributed by atoms with E-state index in [0.29, 0.717) is 30.2 Å². The van der Waals surface area contributed by atoms with Crippen LogP contribution in [0.15, 0.2) is 47.5 Å². The Morgan fingerprint density at radius 1 is 1.15 bits per heavy atom. The molecule has 1 amide bonds. The van der Waals surface area contributed by atoms with Gasteiger partial charge < -0.3 is 16.0 Å². The SMILES string of the molecule is N=C(N)N1CCC(Cl)=C(c2ccc(NC(=O)c3c(F)cccc3F)cc2)C1. The van der Waals surface area contributed by atoms with Gasteiger partial charge in [-0.15, -0.1) is 0 Å². The van der Waals surface area contributed by atoms with Crippen molar-refractivity contribution in [2.75, 3.05) is 18.4 Å². The number of nitrogens with two attached hydrogens (primary N) is 1. The lowest BCUT2D eigenvalue weighted by atomic mass is 10.0. The molecular formula is C19H17ClF2N4O. The van der Waals surface area contributed by atoms with E-state index in [1.165, 1.54) is 6.07 Å². The minimum Gasteiger partial charge on any atom is -0.370 e. The minimum atomic E-state index is -0.924. The molecule has 140 valence electrons. The molecule has 0 saturated carbocycles. The predicted molar refractivity (Wildman–Crippen MR) is 102 cm³/mol. The van der Waals surface area contributed by atoms with E-state index >= 15 is 0 Å². The van der Waals surface area contributed by atoms with Gasteiger partial charge in [-0.2, -0.15) is 0 Å². The van der Waals surface area contributed by atoms with E-state index in [0.717, 1.165) is 23.3 Å². The second-order valence-electron chi connectivity index (χ2n) is 6.07. The Morgan fingerprint density at radius 3 is 2.37 bits per heavy atom. The number of rotatable bonds is 3. The number of hydrogen-bond donors (Lipinski definition) is 3. The van der Waals surface area contributed by atoms with Gasteiger partial charge in [0.05, 0.1) is 0 Å². The molecule has 4 N–H and O–H groups in total. The van der Waals surface area contributed by atoms with Crippen LogP contribution in [0.5, 0.6) is 0 Å². The summed E-state index contributed by atoms with van der Waals surface area (Å²) in [5.74, 6) is -2.73. The molecule has 5 nitrogen and oxygen atoms in total. The van der Waals surface area contributed by atoms with Crippen LogP contribution < -0.4 is 11.1 Å². The third kappa shape index (κ3) is 4.09. The Morgan fingerprint density at radius 2 is 1.78 bits per heavy atom. The minimum absolute atomic E-state index is 0.0209. The molecule has 0 bridgehead atoms. The van der Waals surface area contributed by atoms with Crippen molar-refractivity contribution in [2.45, 2.75) is 6.42 Å². The topological polar surface area (TPSA) is 82.2 Å². The average Bonchev–Trinajstić information content (AvgIpc) is 2.62. The number of halogens is 3. The number of nitrogens with one attached hydrogen (secondary N) is 2. The summed E-state index contributed by atoms with van der Waals surface area (Å²) < 4.78 is 27.4. The Balaban J connectivity index is 1.78. The molecule has 0 atom stereocenters. The van der Waals surface area contributed by atoms with E-state index in [-0.39, 0.29) is 5.96 Å². The molecule has 0 aliphatic carbocycles. The van der Waals surface area contributed by atoms with Crippen LogP contribution in [0.2, 0.25) is 0 Å². The monoisotopic (exact) mass is 390 g/mol. The maximum absolute atomic E-state index is 13.7. The maximum Gasteiger partial charge on any atom is 0.261 e. The molecule has 0 aromatic heterocycles. The van der Waals surface area contributed by atoms with Gasteiger partial charge in [0.25, 0.3) is 5.91 Å². The molecule has 0 radical (unpaired) electrons. The highest BCUT2D eigenvalue weighted by atomic mass is 35.5. The lowest BCUT2D eigenvalue weighted by Crippen LogP contribution is -2.40. The van der Waals surface area contributed by atoms with Gasteiger partial charge in [0, 0.05) is 30.2 Å². The number of anilines is 1. The molecule has 0 spiro atoms. The third-order valence-corrected chi connectivity index (χ3v) is 4.72. The van der Waals surface area contributed by atoms with Crippen molar-refractivity contribution in [3.05, 3.63) is 70.3 Å². The summed E-state index contributed by atoms with van der Waals surface area (Å²) in [6.45, 7) is 1.00. The van der Waals surface area contributed by atoms with E-state index in [2.05, 4.69) is 5.32 Å². The molecule has 1 aliphatic rings. The fourth-order valence-electron chi connectivity index (χ4n) is 2.86.